The number of nitrogen functional groups attached to an aromatic ring is 1. The second-order valence-corrected chi connectivity index (χ2v) is 5.24. The van der Waals surface area contributed by atoms with Gasteiger partial charge in [-0.25, -0.2) is 4.98 Å². The van der Waals surface area contributed by atoms with E-state index in [0.717, 1.165) is 19.5 Å². The summed E-state index contributed by atoms with van der Waals surface area (Å²) < 4.78 is 0. The molecule has 98 valence electrons. The molecule has 1 aromatic heterocycles. The number of pyridine rings is 1. The summed E-state index contributed by atoms with van der Waals surface area (Å²) in [5.74, 6) is 1.48. The van der Waals surface area contributed by atoms with Crippen LogP contribution in [-0.4, -0.2) is 24.0 Å². The monoisotopic (exact) mass is 248 g/mol. The third kappa shape index (κ3) is 2.39. The predicted molar refractivity (Wildman–Crippen MR) is 72.3 cm³/mol. The van der Waals surface area contributed by atoms with Crippen molar-refractivity contribution in [2.24, 2.45) is 17.6 Å². The summed E-state index contributed by atoms with van der Waals surface area (Å²) in [6.45, 7) is 6.29. The first-order chi connectivity index (χ1) is 8.49. The molecule has 0 bridgehead atoms. The van der Waals surface area contributed by atoms with Crippen LogP contribution >= 0.6 is 0 Å². The fraction of sp³-hybridized carbons (Fsp3) is 0.538. The molecule has 4 N–H and O–H groups in total. The van der Waals surface area contributed by atoms with Gasteiger partial charge in [-0.2, -0.15) is 0 Å². The minimum atomic E-state index is -0.474. The van der Waals surface area contributed by atoms with Crippen molar-refractivity contribution in [1.29, 1.82) is 0 Å². The highest BCUT2D eigenvalue weighted by Crippen LogP contribution is 2.29. The van der Waals surface area contributed by atoms with Crippen LogP contribution in [0.15, 0.2) is 12.3 Å². The molecule has 2 heterocycles. The van der Waals surface area contributed by atoms with Crippen LogP contribution in [0.4, 0.5) is 11.5 Å². The summed E-state index contributed by atoms with van der Waals surface area (Å²) >= 11 is 0. The lowest BCUT2D eigenvalue weighted by atomic mass is 9.95. The topological polar surface area (TPSA) is 85.2 Å². The van der Waals surface area contributed by atoms with E-state index >= 15 is 0 Å². The summed E-state index contributed by atoms with van der Waals surface area (Å²) in [7, 11) is 0. The Balaban J connectivity index is 2.27. The van der Waals surface area contributed by atoms with Gasteiger partial charge in [0, 0.05) is 13.1 Å². The molecule has 1 aromatic rings. The standard InChI is InChI=1S/C13H20N4O/c1-8(2)9-3-4-17(7-9)13-11(12(15)18)5-10(14)6-16-13/h5-6,8-9H,3-4,7,14H2,1-2H3,(H2,15,18). The van der Waals surface area contributed by atoms with Crippen molar-refractivity contribution >= 4 is 17.4 Å². The highest BCUT2D eigenvalue weighted by atomic mass is 16.1. The van der Waals surface area contributed by atoms with E-state index in [1.807, 2.05) is 0 Å². The second-order valence-electron chi connectivity index (χ2n) is 5.24. The molecule has 1 saturated heterocycles. The maximum Gasteiger partial charge on any atom is 0.252 e. The number of carbonyl (C=O) groups is 1. The van der Waals surface area contributed by atoms with Crippen molar-refractivity contribution in [2.75, 3.05) is 23.7 Å². The van der Waals surface area contributed by atoms with Crippen molar-refractivity contribution in [3.63, 3.8) is 0 Å². The number of carbonyl (C=O) groups excluding carboxylic acids is 1. The van der Waals surface area contributed by atoms with Crippen LogP contribution in [0.1, 0.15) is 30.6 Å². The van der Waals surface area contributed by atoms with Crippen LogP contribution in [-0.2, 0) is 0 Å². The predicted octanol–water partition coefficient (Wildman–Crippen LogP) is 1.25. The third-order valence-electron chi connectivity index (χ3n) is 3.62. The van der Waals surface area contributed by atoms with E-state index in [2.05, 4.69) is 23.7 Å². The van der Waals surface area contributed by atoms with E-state index in [1.54, 1.807) is 12.3 Å². The minimum Gasteiger partial charge on any atom is -0.397 e. The normalized spacial score (nSPS) is 19.5. The Morgan fingerprint density at radius 3 is 2.83 bits per heavy atom. The molecule has 0 aromatic carbocycles. The molecular formula is C13H20N4O. The summed E-state index contributed by atoms with van der Waals surface area (Å²) in [5, 5.41) is 0. The number of primary amides is 1. The molecule has 0 saturated carbocycles. The molecule has 1 aliphatic heterocycles. The number of rotatable bonds is 3. The minimum absolute atomic E-state index is 0.416. The van der Waals surface area contributed by atoms with Crippen molar-refractivity contribution in [3.8, 4) is 0 Å². The van der Waals surface area contributed by atoms with E-state index in [4.69, 9.17) is 11.5 Å². The maximum atomic E-state index is 11.4. The van der Waals surface area contributed by atoms with Crippen LogP contribution in [0.3, 0.4) is 0 Å². The Bertz CT molecular complexity index is 458. The Kier molecular flexibility index (Phi) is 3.41. The average Bonchev–Trinajstić information content (AvgIpc) is 2.78. The third-order valence-corrected chi connectivity index (χ3v) is 3.62. The largest absolute Gasteiger partial charge is 0.397 e. The van der Waals surface area contributed by atoms with Gasteiger partial charge in [0.2, 0.25) is 0 Å². The lowest BCUT2D eigenvalue weighted by Gasteiger charge is -2.21. The van der Waals surface area contributed by atoms with Crippen molar-refractivity contribution in [3.05, 3.63) is 17.8 Å². The first-order valence-corrected chi connectivity index (χ1v) is 6.29. The van der Waals surface area contributed by atoms with E-state index in [0.29, 0.717) is 28.9 Å². The summed E-state index contributed by atoms with van der Waals surface area (Å²) in [5.41, 5.74) is 11.9. The fourth-order valence-corrected chi connectivity index (χ4v) is 2.43. The summed E-state index contributed by atoms with van der Waals surface area (Å²) in [4.78, 5) is 17.9. The zero-order chi connectivity index (χ0) is 13.3. The fourth-order valence-electron chi connectivity index (χ4n) is 2.43. The van der Waals surface area contributed by atoms with Gasteiger partial charge < -0.3 is 16.4 Å². The maximum absolute atomic E-state index is 11.4. The van der Waals surface area contributed by atoms with Gasteiger partial charge in [0.15, 0.2) is 0 Å². The van der Waals surface area contributed by atoms with Crippen LogP contribution in [0.2, 0.25) is 0 Å². The molecule has 1 atom stereocenters. The Labute approximate surface area is 107 Å². The van der Waals surface area contributed by atoms with Gasteiger partial charge in [0.05, 0.1) is 17.4 Å². The summed E-state index contributed by atoms with van der Waals surface area (Å²) in [6, 6.07) is 1.60. The van der Waals surface area contributed by atoms with Gasteiger partial charge in [0.25, 0.3) is 5.91 Å². The molecule has 0 spiro atoms. The number of anilines is 2. The summed E-state index contributed by atoms with van der Waals surface area (Å²) in [6.07, 6.45) is 2.70. The Morgan fingerprint density at radius 2 is 2.28 bits per heavy atom. The highest BCUT2D eigenvalue weighted by molar-refractivity contribution is 5.98. The molecule has 1 fully saturated rings. The van der Waals surface area contributed by atoms with Gasteiger partial charge in [-0.05, 0) is 24.3 Å². The molecule has 18 heavy (non-hydrogen) atoms. The van der Waals surface area contributed by atoms with E-state index in [9.17, 15) is 4.79 Å². The van der Waals surface area contributed by atoms with E-state index in [-0.39, 0.29) is 0 Å². The molecular weight excluding hydrogens is 228 g/mol. The molecule has 0 radical (unpaired) electrons. The lowest BCUT2D eigenvalue weighted by molar-refractivity contribution is 0.100. The van der Waals surface area contributed by atoms with Gasteiger partial charge in [-0.15, -0.1) is 0 Å². The molecule has 1 amide bonds. The number of nitrogens with two attached hydrogens (primary N) is 2. The quantitative estimate of drug-likeness (QED) is 0.843. The number of hydrogen-bond acceptors (Lipinski definition) is 4. The smallest absolute Gasteiger partial charge is 0.252 e. The van der Waals surface area contributed by atoms with Crippen molar-refractivity contribution < 1.29 is 4.79 Å². The highest BCUT2D eigenvalue weighted by Gasteiger charge is 2.28. The number of hydrogen-bond donors (Lipinski definition) is 2. The van der Waals surface area contributed by atoms with Crippen LogP contribution in [0.25, 0.3) is 0 Å². The zero-order valence-corrected chi connectivity index (χ0v) is 10.9. The molecule has 1 aliphatic rings. The van der Waals surface area contributed by atoms with E-state index < -0.39 is 5.91 Å². The average molecular weight is 248 g/mol. The lowest BCUT2D eigenvalue weighted by Crippen LogP contribution is -2.26. The van der Waals surface area contributed by atoms with Crippen molar-refractivity contribution in [2.45, 2.75) is 20.3 Å². The van der Waals surface area contributed by atoms with Crippen LogP contribution in [0, 0.1) is 11.8 Å². The zero-order valence-electron chi connectivity index (χ0n) is 10.9. The second kappa shape index (κ2) is 4.84. The number of aromatic nitrogens is 1. The number of nitrogens with zero attached hydrogens (tertiary/aromatic N) is 2. The first-order valence-electron chi connectivity index (χ1n) is 6.29. The Morgan fingerprint density at radius 1 is 1.56 bits per heavy atom. The first kappa shape index (κ1) is 12.7. The molecule has 0 aliphatic carbocycles. The molecule has 5 heteroatoms. The Hall–Kier alpha value is -1.78. The van der Waals surface area contributed by atoms with E-state index in [1.165, 1.54) is 0 Å². The molecule has 5 nitrogen and oxygen atoms in total. The van der Waals surface area contributed by atoms with Crippen LogP contribution < -0.4 is 16.4 Å². The van der Waals surface area contributed by atoms with Gasteiger partial charge in [-0.1, -0.05) is 13.8 Å². The molecule has 1 unspecified atom stereocenters. The van der Waals surface area contributed by atoms with Gasteiger partial charge >= 0.3 is 0 Å². The van der Waals surface area contributed by atoms with Crippen molar-refractivity contribution in [1.82, 2.24) is 4.98 Å². The SMILES string of the molecule is CC(C)C1CCN(c2ncc(N)cc2C(N)=O)C1. The van der Waals surface area contributed by atoms with Crippen LogP contribution in [0.5, 0.6) is 0 Å². The molecule has 2 rings (SSSR count). The van der Waals surface area contributed by atoms with Gasteiger partial charge in [-0.3, -0.25) is 4.79 Å². The van der Waals surface area contributed by atoms with Gasteiger partial charge in [0.1, 0.15) is 5.82 Å². The number of amides is 1.